The highest BCUT2D eigenvalue weighted by Gasteiger charge is 1.95. The average Bonchev–Trinajstić information content (AvgIpc) is 2.68. The zero-order chi connectivity index (χ0) is 10.9. The van der Waals surface area contributed by atoms with Crippen LogP contribution in [0.4, 0.5) is 0 Å². The van der Waals surface area contributed by atoms with E-state index in [1.165, 1.54) is 0 Å². The molecular formula is C11H21N3O. The van der Waals surface area contributed by atoms with Crippen molar-refractivity contribution < 1.29 is 4.74 Å². The van der Waals surface area contributed by atoms with E-state index in [0.717, 1.165) is 38.5 Å². The molecule has 0 fully saturated rings. The molecule has 2 N–H and O–H groups in total. The molecular weight excluding hydrogens is 190 g/mol. The van der Waals surface area contributed by atoms with Crippen LogP contribution >= 0.6 is 0 Å². The molecule has 1 heterocycles. The second-order valence-electron chi connectivity index (χ2n) is 4.03. The van der Waals surface area contributed by atoms with Crippen LogP contribution in [0.1, 0.15) is 26.1 Å². The third-order valence-corrected chi connectivity index (χ3v) is 1.94. The van der Waals surface area contributed by atoms with Gasteiger partial charge in [-0.15, -0.1) is 0 Å². The Balaban J connectivity index is 1.85. The van der Waals surface area contributed by atoms with Crippen LogP contribution in [-0.2, 0) is 11.3 Å². The summed E-state index contributed by atoms with van der Waals surface area (Å²) in [5.74, 6) is 1.61. The summed E-state index contributed by atoms with van der Waals surface area (Å²) in [4.78, 5) is 7.17. The molecule has 4 heteroatoms. The first-order valence-corrected chi connectivity index (χ1v) is 5.55. The van der Waals surface area contributed by atoms with E-state index in [9.17, 15) is 0 Å². The van der Waals surface area contributed by atoms with Crippen LogP contribution in [0, 0.1) is 5.92 Å². The first-order valence-electron chi connectivity index (χ1n) is 5.55. The summed E-state index contributed by atoms with van der Waals surface area (Å²) in [5.41, 5.74) is 0. The molecule has 0 aliphatic rings. The SMILES string of the molecule is CC(C)COCCCNCc1ncc[nH]1. The summed E-state index contributed by atoms with van der Waals surface area (Å²) < 4.78 is 5.47. The zero-order valence-corrected chi connectivity index (χ0v) is 9.62. The number of aromatic amines is 1. The molecule has 0 spiro atoms. The van der Waals surface area contributed by atoms with Crippen molar-refractivity contribution in [2.45, 2.75) is 26.8 Å². The van der Waals surface area contributed by atoms with Crippen LogP contribution in [0.2, 0.25) is 0 Å². The predicted molar refractivity (Wildman–Crippen MR) is 60.6 cm³/mol. The first kappa shape index (κ1) is 12.2. The number of hydrogen-bond acceptors (Lipinski definition) is 3. The highest BCUT2D eigenvalue weighted by Crippen LogP contribution is 1.93. The maximum atomic E-state index is 5.47. The highest BCUT2D eigenvalue weighted by molar-refractivity contribution is 4.85. The Morgan fingerprint density at radius 1 is 1.53 bits per heavy atom. The summed E-state index contributed by atoms with van der Waals surface area (Å²) in [7, 11) is 0. The molecule has 1 aromatic heterocycles. The third kappa shape index (κ3) is 6.25. The van der Waals surface area contributed by atoms with Gasteiger partial charge >= 0.3 is 0 Å². The zero-order valence-electron chi connectivity index (χ0n) is 9.62. The topological polar surface area (TPSA) is 49.9 Å². The molecule has 15 heavy (non-hydrogen) atoms. The number of hydrogen-bond donors (Lipinski definition) is 2. The molecule has 86 valence electrons. The van der Waals surface area contributed by atoms with Gasteiger partial charge in [-0.25, -0.2) is 4.98 Å². The Kier molecular flexibility index (Phi) is 6.04. The molecule has 0 saturated carbocycles. The van der Waals surface area contributed by atoms with Gasteiger partial charge in [-0.2, -0.15) is 0 Å². The van der Waals surface area contributed by atoms with Crippen molar-refractivity contribution in [1.29, 1.82) is 0 Å². The van der Waals surface area contributed by atoms with Crippen LogP contribution < -0.4 is 5.32 Å². The van der Waals surface area contributed by atoms with Gasteiger partial charge in [0.05, 0.1) is 6.54 Å². The summed E-state index contributed by atoms with van der Waals surface area (Å²) in [6.45, 7) is 7.79. The lowest BCUT2D eigenvalue weighted by atomic mass is 10.2. The molecule has 0 radical (unpaired) electrons. The fourth-order valence-electron chi connectivity index (χ4n) is 1.22. The van der Waals surface area contributed by atoms with Crippen molar-refractivity contribution in [3.63, 3.8) is 0 Å². The number of H-pyrrole nitrogens is 1. The molecule has 0 aromatic carbocycles. The molecule has 0 saturated heterocycles. The largest absolute Gasteiger partial charge is 0.381 e. The average molecular weight is 211 g/mol. The second-order valence-corrected chi connectivity index (χ2v) is 4.03. The predicted octanol–water partition coefficient (Wildman–Crippen LogP) is 1.56. The van der Waals surface area contributed by atoms with Gasteiger partial charge in [0.15, 0.2) is 0 Å². The van der Waals surface area contributed by atoms with E-state index in [4.69, 9.17) is 4.74 Å². The van der Waals surface area contributed by atoms with Gasteiger partial charge in [0, 0.05) is 25.6 Å². The normalized spacial score (nSPS) is 11.1. The minimum atomic E-state index is 0.626. The van der Waals surface area contributed by atoms with Gasteiger partial charge in [0.1, 0.15) is 5.82 Å². The van der Waals surface area contributed by atoms with E-state index in [1.54, 1.807) is 6.20 Å². The molecule has 0 atom stereocenters. The van der Waals surface area contributed by atoms with E-state index < -0.39 is 0 Å². The lowest BCUT2D eigenvalue weighted by Gasteiger charge is -2.06. The molecule has 0 amide bonds. The Bertz CT molecular complexity index is 234. The maximum absolute atomic E-state index is 5.47. The number of aromatic nitrogens is 2. The van der Waals surface area contributed by atoms with Gasteiger partial charge < -0.3 is 15.0 Å². The summed E-state index contributed by atoms with van der Waals surface area (Å²) >= 11 is 0. The molecule has 1 rings (SSSR count). The number of imidazole rings is 1. The van der Waals surface area contributed by atoms with Gasteiger partial charge in [-0.1, -0.05) is 13.8 Å². The minimum absolute atomic E-state index is 0.626. The minimum Gasteiger partial charge on any atom is -0.381 e. The van der Waals surface area contributed by atoms with Crippen LogP contribution in [0.15, 0.2) is 12.4 Å². The third-order valence-electron chi connectivity index (χ3n) is 1.94. The lowest BCUT2D eigenvalue weighted by molar-refractivity contribution is 0.108. The lowest BCUT2D eigenvalue weighted by Crippen LogP contribution is -2.17. The van der Waals surface area contributed by atoms with Crippen molar-refractivity contribution in [3.8, 4) is 0 Å². The maximum Gasteiger partial charge on any atom is 0.120 e. The Morgan fingerprint density at radius 2 is 2.40 bits per heavy atom. The number of rotatable bonds is 8. The molecule has 0 aliphatic heterocycles. The van der Waals surface area contributed by atoms with E-state index in [1.807, 2.05) is 6.20 Å². The van der Waals surface area contributed by atoms with E-state index in [-0.39, 0.29) is 0 Å². The Morgan fingerprint density at radius 3 is 3.07 bits per heavy atom. The quantitative estimate of drug-likeness (QED) is 0.642. The van der Waals surface area contributed by atoms with Crippen LogP contribution in [0.25, 0.3) is 0 Å². The number of nitrogens with zero attached hydrogens (tertiary/aromatic N) is 1. The van der Waals surface area contributed by atoms with Gasteiger partial charge in [-0.3, -0.25) is 0 Å². The van der Waals surface area contributed by atoms with Crippen molar-refractivity contribution in [1.82, 2.24) is 15.3 Å². The molecule has 4 nitrogen and oxygen atoms in total. The summed E-state index contributed by atoms with van der Waals surface area (Å²) in [6, 6.07) is 0. The Labute approximate surface area is 91.4 Å². The molecule has 0 unspecified atom stereocenters. The first-order chi connectivity index (χ1) is 7.29. The molecule has 0 aliphatic carbocycles. The fourth-order valence-corrected chi connectivity index (χ4v) is 1.22. The van der Waals surface area contributed by atoms with E-state index >= 15 is 0 Å². The molecule has 1 aromatic rings. The van der Waals surface area contributed by atoms with Crippen LogP contribution in [-0.4, -0.2) is 29.7 Å². The van der Waals surface area contributed by atoms with Crippen molar-refractivity contribution in [3.05, 3.63) is 18.2 Å². The summed E-state index contributed by atoms with van der Waals surface area (Å²) in [6.07, 6.45) is 4.65. The standard InChI is InChI=1S/C11H21N3O/c1-10(2)9-15-7-3-4-12-8-11-13-5-6-14-11/h5-6,10,12H,3-4,7-9H2,1-2H3,(H,13,14). The summed E-state index contributed by atoms with van der Waals surface area (Å²) in [5, 5.41) is 3.30. The number of nitrogens with one attached hydrogen (secondary N) is 2. The van der Waals surface area contributed by atoms with Crippen molar-refractivity contribution >= 4 is 0 Å². The second kappa shape index (κ2) is 7.43. The molecule has 0 bridgehead atoms. The van der Waals surface area contributed by atoms with Crippen molar-refractivity contribution in [2.75, 3.05) is 19.8 Å². The monoisotopic (exact) mass is 211 g/mol. The van der Waals surface area contributed by atoms with Gasteiger partial charge in [-0.05, 0) is 18.9 Å². The fraction of sp³-hybridized carbons (Fsp3) is 0.727. The van der Waals surface area contributed by atoms with Crippen molar-refractivity contribution in [2.24, 2.45) is 5.92 Å². The van der Waals surface area contributed by atoms with Crippen LogP contribution in [0.3, 0.4) is 0 Å². The van der Waals surface area contributed by atoms with Gasteiger partial charge in [0.25, 0.3) is 0 Å². The van der Waals surface area contributed by atoms with E-state index in [2.05, 4.69) is 29.1 Å². The Hall–Kier alpha value is -0.870. The van der Waals surface area contributed by atoms with Gasteiger partial charge in [0.2, 0.25) is 0 Å². The number of ether oxygens (including phenoxy) is 1. The van der Waals surface area contributed by atoms with Crippen LogP contribution in [0.5, 0.6) is 0 Å². The highest BCUT2D eigenvalue weighted by atomic mass is 16.5. The smallest absolute Gasteiger partial charge is 0.120 e. The van der Waals surface area contributed by atoms with E-state index in [0.29, 0.717) is 5.92 Å².